The molecule has 68 valence electrons. The number of allylic oxidation sites excluding steroid dienone is 1. The smallest absolute Gasteiger partial charge is 0.163 e. The Bertz CT molecular complexity index is 364. The Morgan fingerprint density at radius 2 is 2.38 bits per heavy atom. The monoisotopic (exact) mass is 178 g/mol. The van der Waals surface area contributed by atoms with Gasteiger partial charge in [-0.25, -0.2) is 9.67 Å². The Balaban J connectivity index is 3.24. The fraction of sp³-hybridized carbons (Fsp3) is 0.125. The van der Waals surface area contributed by atoms with E-state index in [1.807, 2.05) is 0 Å². The molecule has 0 radical (unpaired) electrons. The Hall–Kier alpha value is -1.91. The maximum absolute atomic E-state index is 10.6. The van der Waals surface area contributed by atoms with E-state index in [9.17, 15) is 4.79 Å². The zero-order chi connectivity index (χ0) is 9.84. The second kappa shape index (κ2) is 3.66. The molecule has 0 bridgehead atoms. The summed E-state index contributed by atoms with van der Waals surface area (Å²) >= 11 is 0. The largest absolute Gasteiger partial charge is 0.382 e. The lowest BCUT2D eigenvalue weighted by atomic mass is 10.3. The molecule has 2 N–H and O–H groups in total. The normalized spacial score (nSPS) is 10.5. The van der Waals surface area contributed by atoms with Crippen LogP contribution in [-0.2, 0) is 7.05 Å². The number of aryl methyl sites for hydroxylation is 1. The third-order valence-electron chi connectivity index (χ3n) is 1.50. The summed E-state index contributed by atoms with van der Waals surface area (Å²) in [5.74, 6) is 0.626. The molecule has 13 heavy (non-hydrogen) atoms. The van der Waals surface area contributed by atoms with E-state index in [1.165, 1.54) is 17.0 Å². The highest BCUT2D eigenvalue weighted by Crippen LogP contribution is 2.21. The average Bonchev–Trinajstić information content (AvgIpc) is 2.37. The molecular formula is C8H10N4O. The Kier molecular flexibility index (Phi) is 2.59. The molecule has 0 saturated heterocycles. The molecule has 0 aromatic carbocycles. The van der Waals surface area contributed by atoms with Crippen molar-refractivity contribution in [2.24, 2.45) is 12.0 Å². The summed E-state index contributed by atoms with van der Waals surface area (Å²) in [7, 11) is 1.67. The zero-order valence-corrected chi connectivity index (χ0v) is 7.27. The number of aldehydes is 1. The fourth-order valence-corrected chi connectivity index (χ4v) is 0.941. The predicted molar refractivity (Wildman–Crippen MR) is 51.4 cm³/mol. The SMILES string of the molecule is C=C/C=N\c1c(C=O)c(N)nn1C. The number of aliphatic imine (C=N–C) groups is 1. The van der Waals surface area contributed by atoms with Crippen molar-refractivity contribution in [3.05, 3.63) is 18.2 Å². The molecule has 0 saturated carbocycles. The van der Waals surface area contributed by atoms with Gasteiger partial charge in [0.05, 0.1) is 0 Å². The molecule has 5 nitrogen and oxygen atoms in total. The van der Waals surface area contributed by atoms with Gasteiger partial charge in [-0.15, -0.1) is 0 Å². The van der Waals surface area contributed by atoms with Crippen LogP contribution in [0.5, 0.6) is 0 Å². The van der Waals surface area contributed by atoms with Crippen molar-refractivity contribution in [1.29, 1.82) is 0 Å². The van der Waals surface area contributed by atoms with E-state index in [-0.39, 0.29) is 5.82 Å². The molecule has 0 aliphatic carbocycles. The maximum Gasteiger partial charge on any atom is 0.163 e. The minimum absolute atomic E-state index is 0.189. The summed E-state index contributed by atoms with van der Waals surface area (Å²) in [5.41, 5.74) is 5.77. The first kappa shape index (κ1) is 9.18. The van der Waals surface area contributed by atoms with E-state index in [2.05, 4.69) is 16.7 Å². The Morgan fingerprint density at radius 3 is 2.92 bits per heavy atom. The first-order valence-corrected chi connectivity index (χ1v) is 3.63. The molecule has 1 aromatic heterocycles. The van der Waals surface area contributed by atoms with Gasteiger partial charge in [-0.3, -0.25) is 4.79 Å². The van der Waals surface area contributed by atoms with Crippen LogP contribution in [0.15, 0.2) is 17.6 Å². The molecule has 0 unspecified atom stereocenters. The number of anilines is 1. The van der Waals surface area contributed by atoms with Crippen LogP contribution in [0.1, 0.15) is 10.4 Å². The van der Waals surface area contributed by atoms with E-state index < -0.39 is 0 Å². The highest BCUT2D eigenvalue weighted by Gasteiger charge is 2.10. The van der Waals surface area contributed by atoms with Crippen LogP contribution < -0.4 is 5.73 Å². The van der Waals surface area contributed by atoms with Gasteiger partial charge in [-0.2, -0.15) is 5.10 Å². The van der Waals surface area contributed by atoms with Gasteiger partial charge in [0.25, 0.3) is 0 Å². The number of carbonyl (C=O) groups excluding carboxylic acids is 1. The molecule has 1 heterocycles. The number of nitrogens with zero attached hydrogens (tertiary/aromatic N) is 3. The van der Waals surface area contributed by atoms with Crippen LogP contribution in [0.4, 0.5) is 11.6 Å². The fourth-order valence-electron chi connectivity index (χ4n) is 0.941. The van der Waals surface area contributed by atoms with E-state index >= 15 is 0 Å². The third-order valence-corrected chi connectivity index (χ3v) is 1.50. The van der Waals surface area contributed by atoms with Gasteiger partial charge in [-0.1, -0.05) is 12.7 Å². The standard InChI is InChI=1S/C8H10N4O/c1-3-4-10-8-6(5-13)7(9)11-12(8)2/h3-5H,1H2,2H3,(H2,9,11)/b10-4-. The van der Waals surface area contributed by atoms with Gasteiger partial charge >= 0.3 is 0 Å². The van der Waals surface area contributed by atoms with Gasteiger partial charge in [-0.05, 0) is 0 Å². The van der Waals surface area contributed by atoms with Crippen molar-refractivity contribution < 1.29 is 4.79 Å². The topological polar surface area (TPSA) is 73.3 Å². The predicted octanol–water partition coefficient (Wildman–Crippen LogP) is 0.703. The minimum Gasteiger partial charge on any atom is -0.382 e. The molecule has 0 spiro atoms. The van der Waals surface area contributed by atoms with Gasteiger partial charge in [0.15, 0.2) is 17.9 Å². The van der Waals surface area contributed by atoms with Crippen molar-refractivity contribution in [2.75, 3.05) is 5.73 Å². The van der Waals surface area contributed by atoms with Crippen molar-refractivity contribution in [2.45, 2.75) is 0 Å². The number of carbonyl (C=O) groups is 1. The molecule has 1 aromatic rings. The number of nitrogens with two attached hydrogens (primary N) is 1. The number of hydrogen-bond acceptors (Lipinski definition) is 4. The van der Waals surface area contributed by atoms with Crippen LogP contribution in [0, 0.1) is 0 Å². The minimum atomic E-state index is 0.189. The molecule has 0 amide bonds. The lowest BCUT2D eigenvalue weighted by Crippen LogP contribution is -1.91. The third kappa shape index (κ3) is 1.64. The average molecular weight is 178 g/mol. The first-order chi connectivity index (χ1) is 6.20. The zero-order valence-electron chi connectivity index (χ0n) is 7.27. The highest BCUT2D eigenvalue weighted by molar-refractivity contribution is 5.89. The molecule has 0 aliphatic rings. The highest BCUT2D eigenvalue weighted by atomic mass is 16.1. The van der Waals surface area contributed by atoms with E-state index in [1.54, 1.807) is 7.05 Å². The van der Waals surface area contributed by atoms with Gasteiger partial charge < -0.3 is 5.73 Å². The van der Waals surface area contributed by atoms with Crippen molar-refractivity contribution in [3.8, 4) is 0 Å². The number of hydrogen-bond donors (Lipinski definition) is 1. The Labute approximate surface area is 75.6 Å². The lowest BCUT2D eigenvalue weighted by Gasteiger charge is -1.92. The van der Waals surface area contributed by atoms with E-state index in [4.69, 9.17) is 5.73 Å². The molecule has 5 heteroatoms. The van der Waals surface area contributed by atoms with Gasteiger partial charge in [0.2, 0.25) is 0 Å². The first-order valence-electron chi connectivity index (χ1n) is 3.63. The molecule has 0 atom stereocenters. The maximum atomic E-state index is 10.6. The molecular weight excluding hydrogens is 168 g/mol. The summed E-state index contributed by atoms with van der Waals surface area (Å²) < 4.78 is 1.44. The summed E-state index contributed by atoms with van der Waals surface area (Å²) in [6.07, 6.45) is 3.62. The molecule has 0 aliphatic heterocycles. The van der Waals surface area contributed by atoms with Crippen molar-refractivity contribution in [3.63, 3.8) is 0 Å². The second-order valence-electron chi connectivity index (χ2n) is 2.38. The van der Waals surface area contributed by atoms with Gasteiger partial charge in [0.1, 0.15) is 5.56 Å². The van der Waals surface area contributed by atoms with Crippen LogP contribution in [-0.4, -0.2) is 22.3 Å². The summed E-state index contributed by atoms with van der Waals surface area (Å²) in [6, 6.07) is 0. The number of aromatic nitrogens is 2. The summed E-state index contributed by atoms with van der Waals surface area (Å²) in [4.78, 5) is 14.6. The van der Waals surface area contributed by atoms with E-state index in [0.717, 1.165) is 0 Å². The van der Waals surface area contributed by atoms with E-state index in [0.29, 0.717) is 17.7 Å². The van der Waals surface area contributed by atoms with Crippen molar-refractivity contribution in [1.82, 2.24) is 9.78 Å². The lowest BCUT2D eigenvalue weighted by molar-refractivity contribution is 0.112. The molecule has 0 fully saturated rings. The van der Waals surface area contributed by atoms with Crippen LogP contribution in [0.3, 0.4) is 0 Å². The Morgan fingerprint density at radius 1 is 1.69 bits per heavy atom. The quantitative estimate of drug-likeness (QED) is 0.547. The second-order valence-corrected chi connectivity index (χ2v) is 2.38. The van der Waals surface area contributed by atoms with Crippen LogP contribution in [0.2, 0.25) is 0 Å². The molecule has 1 rings (SSSR count). The van der Waals surface area contributed by atoms with Gasteiger partial charge in [0, 0.05) is 13.3 Å². The van der Waals surface area contributed by atoms with Crippen LogP contribution in [0.25, 0.3) is 0 Å². The van der Waals surface area contributed by atoms with Crippen molar-refractivity contribution >= 4 is 24.1 Å². The van der Waals surface area contributed by atoms with Crippen LogP contribution >= 0.6 is 0 Å². The summed E-state index contributed by atoms with van der Waals surface area (Å²) in [5, 5.41) is 3.85. The summed E-state index contributed by atoms with van der Waals surface area (Å²) in [6.45, 7) is 3.47. The number of rotatable bonds is 3. The number of nitrogen functional groups attached to an aromatic ring is 1.